The molecule has 0 aliphatic rings. The maximum absolute atomic E-state index is 7.33. The van der Waals surface area contributed by atoms with Crippen molar-refractivity contribution < 1.29 is 19.2 Å². The van der Waals surface area contributed by atoms with E-state index < -0.39 is 9.05 Å². The van der Waals surface area contributed by atoms with E-state index >= 15 is 0 Å². The minimum absolute atomic E-state index is 0.293. The summed E-state index contributed by atoms with van der Waals surface area (Å²) < 4.78 is 0. The molecule has 86 valence electrons. The Labute approximate surface area is 90.9 Å². The Kier molecular flexibility index (Phi) is 5.13. The van der Waals surface area contributed by atoms with Crippen molar-refractivity contribution >= 4 is 9.05 Å². The van der Waals surface area contributed by atoms with E-state index in [0.717, 1.165) is 0 Å². The molecule has 1 aromatic carbocycles. The van der Waals surface area contributed by atoms with Crippen LogP contribution in [0.2, 0.25) is 0 Å². The average Bonchev–Trinajstić information content (AvgIpc) is 2.01. The predicted molar refractivity (Wildman–Crippen MR) is 59.8 cm³/mol. The minimum atomic E-state index is -4.61. The summed E-state index contributed by atoms with van der Waals surface area (Å²) >= 11 is 0. The lowest BCUT2D eigenvalue weighted by Crippen LogP contribution is -2.33. The molecule has 0 atom stereocenters. The zero-order valence-corrected chi connectivity index (χ0v) is 10.2. The molecule has 15 heavy (non-hydrogen) atoms. The average molecular weight is 230 g/mol. The van der Waals surface area contributed by atoms with Gasteiger partial charge < -0.3 is 19.2 Å². The van der Waals surface area contributed by atoms with Crippen molar-refractivity contribution in [2.75, 3.05) is 0 Å². The summed E-state index contributed by atoms with van der Waals surface area (Å²) in [5, 5.41) is 0. The molecule has 0 unspecified atom stereocenters. The summed E-state index contributed by atoms with van der Waals surface area (Å²) in [6.07, 6.45) is 0. The van der Waals surface area contributed by atoms with E-state index in [2.05, 4.69) is 51.1 Å². The highest BCUT2D eigenvalue weighted by Gasteiger charge is 2.22. The van der Waals surface area contributed by atoms with Crippen LogP contribution < -0.4 is 0 Å². The van der Waals surface area contributed by atoms with E-state index in [1.54, 1.807) is 0 Å². The first kappa shape index (κ1) is 14.3. The van der Waals surface area contributed by atoms with Gasteiger partial charge in [-0.1, -0.05) is 51.1 Å². The van der Waals surface area contributed by atoms with Crippen LogP contribution in [0.25, 0.3) is 0 Å². The molecule has 0 heterocycles. The van der Waals surface area contributed by atoms with Gasteiger partial charge >= 0.3 is 9.05 Å². The van der Waals surface area contributed by atoms with E-state index in [4.69, 9.17) is 19.2 Å². The van der Waals surface area contributed by atoms with Crippen LogP contribution in [0.5, 0.6) is 0 Å². The molecule has 0 spiro atoms. The fraction of sp³-hybridized carbons (Fsp3) is 0.400. The number of hydrogen-bond donors (Lipinski definition) is 4. The Morgan fingerprint density at radius 1 is 0.867 bits per heavy atom. The van der Waals surface area contributed by atoms with Gasteiger partial charge in [0.05, 0.1) is 0 Å². The molecule has 5 heteroatoms. The van der Waals surface area contributed by atoms with Gasteiger partial charge in [-0.15, -0.1) is 0 Å². The molecule has 0 saturated heterocycles. The molecule has 1 rings (SSSR count). The van der Waals surface area contributed by atoms with E-state index in [9.17, 15) is 0 Å². The molecule has 4 nitrogen and oxygen atoms in total. The van der Waals surface area contributed by atoms with Crippen molar-refractivity contribution in [3.05, 3.63) is 35.9 Å². The number of rotatable bonds is 0. The smallest absolute Gasteiger partial charge is 0.368 e. The fourth-order valence-corrected chi connectivity index (χ4v) is 0.938. The summed E-state index contributed by atoms with van der Waals surface area (Å²) in [6, 6.07) is 10.6. The standard InChI is InChI=1S/C10H14.H4O4Si/c1-10(2,3)9-7-5-4-6-8-9;1-5(2,3)4/h4-8H,1-3H3;1-4H. The molecule has 1 aromatic rings. The first-order valence-electron chi connectivity index (χ1n) is 4.56. The molecular formula is C10H18O4Si. The van der Waals surface area contributed by atoms with Crippen molar-refractivity contribution in [3.63, 3.8) is 0 Å². The second-order valence-electron chi connectivity index (χ2n) is 4.22. The summed E-state index contributed by atoms with van der Waals surface area (Å²) in [5.74, 6) is 0. The topological polar surface area (TPSA) is 80.9 Å². The predicted octanol–water partition coefficient (Wildman–Crippen LogP) is 0.375. The molecule has 0 aromatic heterocycles. The van der Waals surface area contributed by atoms with Crippen LogP contribution in [-0.2, 0) is 5.41 Å². The van der Waals surface area contributed by atoms with Crippen LogP contribution in [0, 0.1) is 0 Å². The van der Waals surface area contributed by atoms with Crippen molar-refractivity contribution in [3.8, 4) is 0 Å². The summed E-state index contributed by atoms with van der Waals surface area (Å²) in [5.41, 5.74) is 1.69. The van der Waals surface area contributed by atoms with Gasteiger partial charge in [-0.2, -0.15) is 0 Å². The molecule has 0 bridgehead atoms. The zero-order valence-electron chi connectivity index (χ0n) is 9.18. The summed E-state index contributed by atoms with van der Waals surface area (Å²) in [7, 11) is -4.61. The third-order valence-corrected chi connectivity index (χ3v) is 1.64. The Morgan fingerprint density at radius 2 is 1.20 bits per heavy atom. The summed E-state index contributed by atoms with van der Waals surface area (Å²) in [6.45, 7) is 6.67. The Hall–Kier alpha value is -0.723. The maximum Gasteiger partial charge on any atom is 0.668 e. The van der Waals surface area contributed by atoms with Gasteiger partial charge in [-0.3, -0.25) is 0 Å². The lowest BCUT2D eigenvalue weighted by Gasteiger charge is -2.18. The second-order valence-corrected chi connectivity index (χ2v) is 5.42. The fourth-order valence-electron chi connectivity index (χ4n) is 0.938. The van der Waals surface area contributed by atoms with E-state index in [0.29, 0.717) is 5.41 Å². The highest BCUT2D eigenvalue weighted by Crippen LogP contribution is 2.20. The van der Waals surface area contributed by atoms with Crippen molar-refractivity contribution in [2.45, 2.75) is 26.2 Å². The van der Waals surface area contributed by atoms with Gasteiger partial charge in [0.2, 0.25) is 0 Å². The molecule has 0 amide bonds. The maximum atomic E-state index is 7.33. The van der Waals surface area contributed by atoms with Gasteiger partial charge in [-0.05, 0) is 11.0 Å². The van der Waals surface area contributed by atoms with Gasteiger partial charge in [0, 0.05) is 0 Å². The molecule has 4 N–H and O–H groups in total. The molecule has 0 fully saturated rings. The summed E-state index contributed by atoms with van der Waals surface area (Å²) in [4.78, 5) is 29.3. The lowest BCUT2D eigenvalue weighted by atomic mass is 9.87. The van der Waals surface area contributed by atoms with Crippen LogP contribution >= 0.6 is 0 Å². The van der Waals surface area contributed by atoms with Gasteiger partial charge in [0.15, 0.2) is 0 Å². The highest BCUT2D eigenvalue weighted by atomic mass is 28.4. The quantitative estimate of drug-likeness (QED) is 0.486. The van der Waals surface area contributed by atoms with Gasteiger partial charge in [0.25, 0.3) is 0 Å². The van der Waals surface area contributed by atoms with E-state index in [1.807, 2.05) is 0 Å². The van der Waals surface area contributed by atoms with E-state index in [-0.39, 0.29) is 0 Å². The Morgan fingerprint density at radius 3 is 1.40 bits per heavy atom. The van der Waals surface area contributed by atoms with Gasteiger partial charge in [-0.25, -0.2) is 0 Å². The third-order valence-electron chi connectivity index (χ3n) is 1.64. The largest absolute Gasteiger partial charge is 0.668 e. The SMILES string of the molecule is CC(C)(C)c1ccccc1.O[Si](O)(O)O. The molecule has 0 saturated carbocycles. The van der Waals surface area contributed by atoms with E-state index in [1.165, 1.54) is 5.56 Å². The zero-order chi connectivity index (χ0) is 12.1. The van der Waals surface area contributed by atoms with Crippen molar-refractivity contribution in [1.82, 2.24) is 0 Å². The Balaban J connectivity index is 0.000000336. The first-order valence-corrected chi connectivity index (χ1v) is 6.34. The van der Waals surface area contributed by atoms with Crippen molar-refractivity contribution in [1.29, 1.82) is 0 Å². The third kappa shape index (κ3) is 9.58. The number of benzene rings is 1. The lowest BCUT2D eigenvalue weighted by molar-refractivity contribution is 0.117. The Bertz CT molecular complexity index is 268. The number of hydrogen-bond acceptors (Lipinski definition) is 4. The normalized spacial score (nSPS) is 11.7. The minimum Gasteiger partial charge on any atom is -0.368 e. The molecule has 0 radical (unpaired) electrons. The van der Waals surface area contributed by atoms with Crippen LogP contribution in [0.4, 0.5) is 0 Å². The van der Waals surface area contributed by atoms with Crippen LogP contribution in [-0.4, -0.2) is 28.2 Å². The first-order chi connectivity index (χ1) is 6.61. The molecule has 0 aliphatic heterocycles. The monoisotopic (exact) mass is 230 g/mol. The van der Waals surface area contributed by atoms with Crippen LogP contribution in [0.3, 0.4) is 0 Å². The van der Waals surface area contributed by atoms with Crippen LogP contribution in [0.1, 0.15) is 26.3 Å². The van der Waals surface area contributed by atoms with Gasteiger partial charge in [0.1, 0.15) is 0 Å². The highest BCUT2D eigenvalue weighted by molar-refractivity contribution is 6.46. The van der Waals surface area contributed by atoms with Crippen LogP contribution in [0.15, 0.2) is 30.3 Å². The molecule has 0 aliphatic carbocycles. The van der Waals surface area contributed by atoms with Crippen molar-refractivity contribution in [2.24, 2.45) is 0 Å². The second kappa shape index (κ2) is 5.39. The molecular weight excluding hydrogens is 212 g/mol.